The molecule has 13 atom stereocenters. The van der Waals surface area contributed by atoms with Gasteiger partial charge < -0.3 is 70.5 Å². The van der Waals surface area contributed by atoms with Crippen molar-refractivity contribution in [1.29, 1.82) is 0 Å². The van der Waals surface area contributed by atoms with E-state index in [0.717, 1.165) is 48.7 Å². The van der Waals surface area contributed by atoms with E-state index in [1.165, 1.54) is 101 Å². The first-order valence-corrected chi connectivity index (χ1v) is 34.9. The molecule has 3 aromatic rings. The lowest BCUT2D eigenvalue weighted by molar-refractivity contribution is -0.153. The SMILES string of the molecule is CC(C)C[C@H]1C(=O)N[C@@H]([C@@H](C)O)C(=O)N(C)[C@@H](C)C(=O)N[C@@H](C(C)C)C(=O)N(C)[C@@H](C)C(=O)N(C)[C@@H](C)C(=O)N[C@H](C(=O)N(C)[C@@H](Cc2ccccc2)C(=O)N(C)[C@@H](Cc2ccccc2)C(=O)N[C@@H](C)C(=O)N2CCCCC2)CC(=O)N(C)[C@@H](C)C(=O)N(C)[C@@H](Cc2ccccc2)C(=O)N1C. The second-order valence-electron chi connectivity index (χ2n) is 28.0. The summed E-state index contributed by atoms with van der Waals surface area (Å²) in [5.41, 5.74) is 1.87. The third-order valence-corrected chi connectivity index (χ3v) is 19.8. The number of carbonyl (C=O) groups excluding carboxylic acids is 13. The van der Waals surface area contributed by atoms with Crippen LogP contribution in [-0.2, 0) is 81.6 Å². The Morgan fingerprint density at radius 2 is 0.941 bits per heavy atom. The maximum absolute atomic E-state index is 15.7. The van der Waals surface area contributed by atoms with Gasteiger partial charge in [-0.15, -0.1) is 0 Å². The predicted molar refractivity (Wildman–Crippen MR) is 380 cm³/mol. The summed E-state index contributed by atoms with van der Waals surface area (Å²) in [6.45, 7) is 16.4. The van der Waals surface area contributed by atoms with E-state index in [1.807, 2.05) is 13.8 Å². The summed E-state index contributed by atoms with van der Waals surface area (Å²) in [5.74, 6) is -10.9. The molecule has 0 bridgehead atoms. The highest BCUT2D eigenvalue weighted by molar-refractivity contribution is 6.01. The lowest BCUT2D eigenvalue weighted by Crippen LogP contribution is -2.62. The minimum Gasteiger partial charge on any atom is -0.391 e. The molecule has 2 heterocycles. The number of piperidine rings is 1. The highest BCUT2D eigenvalue weighted by Gasteiger charge is 2.44. The summed E-state index contributed by atoms with van der Waals surface area (Å²) >= 11 is 0. The van der Waals surface area contributed by atoms with Crippen molar-refractivity contribution in [2.75, 3.05) is 69.5 Å². The molecule has 13 amide bonds. The van der Waals surface area contributed by atoms with Crippen molar-refractivity contribution in [3.63, 3.8) is 0 Å². The van der Waals surface area contributed by atoms with Crippen LogP contribution < -0.4 is 21.3 Å². The molecule has 0 saturated carbocycles. The topological polar surface area (TPSA) is 319 Å². The normalized spacial score (nSPS) is 24.1. The third kappa shape index (κ3) is 21.4. The van der Waals surface area contributed by atoms with E-state index in [9.17, 15) is 43.5 Å². The fourth-order valence-corrected chi connectivity index (χ4v) is 12.4. The second kappa shape index (κ2) is 37.4. The monoisotopic (exact) mass is 1400 g/mol. The molecule has 0 unspecified atom stereocenters. The van der Waals surface area contributed by atoms with Crippen molar-refractivity contribution in [3.8, 4) is 0 Å². The number of amides is 13. The molecule has 2 aliphatic heterocycles. The maximum atomic E-state index is 15.7. The summed E-state index contributed by atoms with van der Waals surface area (Å²) in [4.78, 5) is 203. The van der Waals surface area contributed by atoms with Gasteiger partial charge in [-0.05, 0) is 95.8 Å². The van der Waals surface area contributed by atoms with Crippen LogP contribution in [0.5, 0.6) is 0 Å². The third-order valence-electron chi connectivity index (χ3n) is 19.8. The average molecular weight is 1400 g/mol. The van der Waals surface area contributed by atoms with Crippen LogP contribution in [0.4, 0.5) is 0 Å². The van der Waals surface area contributed by atoms with Gasteiger partial charge in [-0.2, -0.15) is 0 Å². The van der Waals surface area contributed by atoms with Crippen molar-refractivity contribution >= 4 is 76.8 Å². The Kier molecular flexibility index (Phi) is 30.5. The second-order valence-corrected chi connectivity index (χ2v) is 28.0. The number of aliphatic hydroxyl groups excluding tert-OH is 1. The van der Waals surface area contributed by atoms with E-state index in [4.69, 9.17) is 0 Å². The largest absolute Gasteiger partial charge is 0.391 e. The van der Waals surface area contributed by atoms with Gasteiger partial charge in [-0.3, -0.25) is 62.3 Å². The molecule has 5 N–H and O–H groups in total. The Hall–Kier alpha value is -9.27. The Morgan fingerprint density at radius 3 is 1.45 bits per heavy atom. The molecule has 2 aliphatic rings. The van der Waals surface area contributed by atoms with Crippen molar-refractivity contribution in [2.24, 2.45) is 11.8 Å². The van der Waals surface area contributed by atoms with Crippen molar-refractivity contribution in [3.05, 3.63) is 108 Å². The van der Waals surface area contributed by atoms with Crippen molar-refractivity contribution in [2.45, 2.75) is 199 Å². The number of nitrogens with zero attached hydrogens (tertiary/aromatic N) is 9. The molecule has 0 aromatic heterocycles. The summed E-state index contributed by atoms with van der Waals surface area (Å²) in [7, 11) is 10.7. The smallest absolute Gasteiger partial charge is 0.248 e. The molecule has 27 heteroatoms. The number of benzene rings is 3. The minimum absolute atomic E-state index is 0.0123. The zero-order chi connectivity index (χ0) is 75.6. The van der Waals surface area contributed by atoms with Gasteiger partial charge in [0, 0.05) is 88.7 Å². The van der Waals surface area contributed by atoms with Gasteiger partial charge in [0.25, 0.3) is 0 Å². The van der Waals surface area contributed by atoms with Crippen LogP contribution in [-0.4, -0.2) is 274 Å². The van der Waals surface area contributed by atoms with E-state index in [2.05, 4.69) is 21.3 Å². The molecule has 5 rings (SSSR count). The van der Waals surface area contributed by atoms with E-state index in [0.29, 0.717) is 29.8 Å². The maximum Gasteiger partial charge on any atom is 0.248 e. The Bertz CT molecular complexity index is 3390. The van der Waals surface area contributed by atoms with Crippen LogP contribution >= 0.6 is 0 Å². The van der Waals surface area contributed by atoms with E-state index >= 15 is 24.0 Å². The summed E-state index contributed by atoms with van der Waals surface area (Å²) in [5, 5.41) is 22.0. The molecule has 2 saturated heterocycles. The van der Waals surface area contributed by atoms with E-state index in [1.54, 1.807) is 117 Å². The van der Waals surface area contributed by atoms with E-state index < -0.39 is 162 Å². The molecule has 27 nitrogen and oxygen atoms in total. The van der Waals surface area contributed by atoms with Gasteiger partial charge >= 0.3 is 0 Å². The van der Waals surface area contributed by atoms with Gasteiger partial charge in [0.05, 0.1) is 12.5 Å². The Labute approximate surface area is 595 Å². The van der Waals surface area contributed by atoms with Crippen molar-refractivity contribution in [1.82, 2.24) is 65.4 Å². The number of nitrogens with one attached hydrogen (secondary N) is 4. The number of likely N-dealkylation sites (tertiary alicyclic amines) is 1. The van der Waals surface area contributed by atoms with Crippen LogP contribution in [0.25, 0.3) is 0 Å². The summed E-state index contributed by atoms with van der Waals surface area (Å²) in [6, 6.07) is 9.73. The van der Waals surface area contributed by atoms with Gasteiger partial charge in [-0.25, -0.2) is 0 Å². The molecule has 0 spiro atoms. The minimum atomic E-state index is -1.85. The fourth-order valence-electron chi connectivity index (χ4n) is 12.4. The Balaban J connectivity index is 1.65. The first-order valence-electron chi connectivity index (χ1n) is 34.9. The predicted octanol–water partition coefficient (Wildman–Crippen LogP) is 1.87. The fraction of sp³-hybridized carbons (Fsp3) is 0.581. The van der Waals surface area contributed by atoms with Gasteiger partial charge in [0.1, 0.15) is 72.5 Å². The summed E-state index contributed by atoms with van der Waals surface area (Å²) < 4.78 is 0. The standard InChI is InChI=1S/C74H109N13O14/c1-44(2)39-56-66(93)78-62(51(10)88)74(101)81(13)48(7)64(91)77-61(45(3)4)73(100)82(14)50(9)68(95)80(12)47(6)63(90)76-55(43-60(89)79(11)49(8)69(96)85(17)58(71(98)83(56)15)41-53-33-25-20-26-34-53)70(97)86(18)59(42-54-35-27-21-28-36-54)72(99)84(16)57(40-52-31-23-19-24-32-52)65(92)75-46(5)67(94)87-37-29-22-30-38-87/h19-21,23-28,31-36,44-51,55-59,61-62,88H,22,29-30,37-43H2,1-18H3,(H,75,92)(H,76,90)(H,77,91)(H,78,93)/t46-,47-,48-,49-,50-,51+,55-,56-,57-,58-,59-,61-,62-/m0/s1. The zero-order valence-electron chi connectivity index (χ0n) is 62.2. The number of carbonyl (C=O) groups is 13. The van der Waals surface area contributed by atoms with E-state index in [-0.39, 0.29) is 37.5 Å². The van der Waals surface area contributed by atoms with Crippen molar-refractivity contribution < 1.29 is 67.4 Å². The lowest BCUT2D eigenvalue weighted by atomic mass is 9.98. The first kappa shape index (κ1) is 82.4. The zero-order valence-corrected chi connectivity index (χ0v) is 62.2. The molecule has 2 fully saturated rings. The Morgan fingerprint density at radius 1 is 0.505 bits per heavy atom. The first-order chi connectivity index (χ1) is 47.4. The highest BCUT2D eigenvalue weighted by atomic mass is 16.3. The number of likely N-dealkylation sites (N-methyl/N-ethyl adjacent to an activating group) is 8. The molecule has 0 aliphatic carbocycles. The molecular weight excluding hydrogens is 1290 g/mol. The molecular formula is C74H109N13O14. The van der Waals surface area contributed by atoms with Gasteiger partial charge in [0.2, 0.25) is 76.8 Å². The quantitative estimate of drug-likeness (QED) is 0.129. The van der Waals surface area contributed by atoms with Crippen LogP contribution in [0.3, 0.4) is 0 Å². The summed E-state index contributed by atoms with van der Waals surface area (Å²) in [6.07, 6.45) is -0.0207. The molecule has 0 radical (unpaired) electrons. The molecule has 554 valence electrons. The van der Waals surface area contributed by atoms with Gasteiger partial charge in [-0.1, -0.05) is 119 Å². The lowest BCUT2D eigenvalue weighted by Gasteiger charge is -2.38. The molecule has 3 aromatic carbocycles. The van der Waals surface area contributed by atoms with Crippen LogP contribution in [0.1, 0.15) is 118 Å². The highest BCUT2D eigenvalue weighted by Crippen LogP contribution is 2.23. The average Bonchev–Trinajstić information content (AvgIpc) is 0.816. The number of hydrogen-bond donors (Lipinski definition) is 5. The number of rotatable bonds is 17. The number of aliphatic hydroxyl groups is 1. The van der Waals surface area contributed by atoms with Crippen LogP contribution in [0, 0.1) is 11.8 Å². The number of hydrogen-bond acceptors (Lipinski definition) is 14. The van der Waals surface area contributed by atoms with Crippen LogP contribution in [0.15, 0.2) is 91.0 Å². The van der Waals surface area contributed by atoms with Gasteiger partial charge in [0.15, 0.2) is 0 Å². The van der Waals surface area contributed by atoms with Crippen LogP contribution in [0.2, 0.25) is 0 Å². The molecule has 101 heavy (non-hydrogen) atoms.